The van der Waals surface area contributed by atoms with E-state index in [-0.39, 0.29) is 0 Å². The van der Waals surface area contributed by atoms with Crippen LogP contribution in [0.3, 0.4) is 0 Å². The van der Waals surface area contributed by atoms with Crippen LogP contribution in [0.1, 0.15) is 6.92 Å². The van der Waals surface area contributed by atoms with Crippen molar-refractivity contribution in [3.8, 4) is 11.4 Å². The fourth-order valence-corrected chi connectivity index (χ4v) is 1.84. The van der Waals surface area contributed by atoms with Crippen molar-refractivity contribution in [2.24, 2.45) is 0 Å². The zero-order valence-electron chi connectivity index (χ0n) is 8.11. The van der Waals surface area contributed by atoms with Gasteiger partial charge in [0, 0.05) is 16.6 Å². The lowest BCUT2D eigenvalue weighted by Gasteiger charge is -2.04. The normalized spacial score (nSPS) is 10.6. The van der Waals surface area contributed by atoms with E-state index in [1.54, 1.807) is 6.33 Å². The van der Waals surface area contributed by atoms with Crippen molar-refractivity contribution in [2.75, 3.05) is 0 Å². The number of aromatic nitrogens is 3. The van der Waals surface area contributed by atoms with Crippen LogP contribution in [-0.4, -0.2) is 14.8 Å². The molecule has 0 unspecified atom stereocenters. The van der Waals surface area contributed by atoms with Gasteiger partial charge in [0.1, 0.15) is 6.33 Å². The molecule has 0 aliphatic heterocycles. The molecule has 2 rings (SSSR count). The molecular weight excluding hydrogens is 277 g/mol. The second-order valence-electron chi connectivity index (χ2n) is 3.07. The van der Waals surface area contributed by atoms with Gasteiger partial charge in [0.25, 0.3) is 0 Å². The Hall–Kier alpha value is -0.870. The van der Waals surface area contributed by atoms with E-state index < -0.39 is 0 Å². The van der Waals surface area contributed by atoms with Gasteiger partial charge in [-0.2, -0.15) is 0 Å². The van der Waals surface area contributed by atoms with Crippen molar-refractivity contribution in [1.29, 1.82) is 0 Å². The van der Waals surface area contributed by atoms with Crippen molar-refractivity contribution in [1.82, 2.24) is 14.8 Å². The molecule has 0 saturated carbocycles. The minimum Gasteiger partial charge on any atom is -0.314 e. The SMILES string of the molecule is CCn1cnnc1-c1ccc(Cl)c(Br)c1. The molecule has 0 aliphatic carbocycles. The van der Waals surface area contributed by atoms with Gasteiger partial charge in [-0.05, 0) is 41.1 Å². The van der Waals surface area contributed by atoms with Gasteiger partial charge in [0.15, 0.2) is 5.82 Å². The summed E-state index contributed by atoms with van der Waals surface area (Å²) >= 11 is 9.31. The Labute approximate surface area is 101 Å². The van der Waals surface area contributed by atoms with Gasteiger partial charge in [-0.25, -0.2) is 0 Å². The number of nitrogens with zero attached hydrogens (tertiary/aromatic N) is 3. The highest BCUT2D eigenvalue weighted by molar-refractivity contribution is 9.10. The lowest BCUT2D eigenvalue weighted by atomic mass is 10.2. The van der Waals surface area contributed by atoms with Gasteiger partial charge in [0.05, 0.1) is 5.02 Å². The van der Waals surface area contributed by atoms with Crippen molar-refractivity contribution in [2.45, 2.75) is 13.5 Å². The highest BCUT2D eigenvalue weighted by Gasteiger charge is 2.07. The molecule has 0 fully saturated rings. The lowest BCUT2D eigenvalue weighted by Crippen LogP contribution is -1.95. The largest absolute Gasteiger partial charge is 0.314 e. The average molecular weight is 287 g/mol. The Morgan fingerprint density at radius 2 is 2.27 bits per heavy atom. The summed E-state index contributed by atoms with van der Waals surface area (Å²) in [6.45, 7) is 2.90. The molecule has 0 atom stereocenters. The molecule has 15 heavy (non-hydrogen) atoms. The van der Waals surface area contributed by atoms with Gasteiger partial charge in [-0.15, -0.1) is 10.2 Å². The van der Waals surface area contributed by atoms with Crippen LogP contribution >= 0.6 is 27.5 Å². The summed E-state index contributed by atoms with van der Waals surface area (Å²) < 4.78 is 2.85. The van der Waals surface area contributed by atoms with Crippen LogP contribution < -0.4 is 0 Å². The maximum Gasteiger partial charge on any atom is 0.163 e. The van der Waals surface area contributed by atoms with Gasteiger partial charge in [-0.1, -0.05) is 11.6 Å². The van der Waals surface area contributed by atoms with Crippen molar-refractivity contribution in [3.63, 3.8) is 0 Å². The zero-order chi connectivity index (χ0) is 10.8. The fraction of sp³-hybridized carbons (Fsp3) is 0.200. The Morgan fingerprint density at radius 3 is 2.93 bits per heavy atom. The predicted molar refractivity (Wildman–Crippen MR) is 63.8 cm³/mol. The molecule has 0 spiro atoms. The summed E-state index contributed by atoms with van der Waals surface area (Å²) in [4.78, 5) is 0. The first kappa shape index (κ1) is 10.6. The summed E-state index contributed by atoms with van der Waals surface area (Å²) in [5.41, 5.74) is 1.01. The number of hydrogen-bond donors (Lipinski definition) is 0. The molecule has 5 heteroatoms. The smallest absolute Gasteiger partial charge is 0.163 e. The average Bonchev–Trinajstić information content (AvgIpc) is 2.70. The lowest BCUT2D eigenvalue weighted by molar-refractivity contribution is 0.767. The first-order chi connectivity index (χ1) is 7.22. The highest BCUT2D eigenvalue weighted by Crippen LogP contribution is 2.27. The van der Waals surface area contributed by atoms with E-state index in [0.717, 1.165) is 22.4 Å². The number of hydrogen-bond acceptors (Lipinski definition) is 2. The molecule has 1 aromatic carbocycles. The summed E-state index contributed by atoms with van der Waals surface area (Å²) in [5, 5.41) is 8.66. The van der Waals surface area contributed by atoms with Crippen LogP contribution in [0.5, 0.6) is 0 Å². The third-order valence-corrected chi connectivity index (χ3v) is 3.35. The molecule has 0 bridgehead atoms. The minimum absolute atomic E-state index is 0.696. The monoisotopic (exact) mass is 285 g/mol. The third-order valence-electron chi connectivity index (χ3n) is 2.13. The van der Waals surface area contributed by atoms with E-state index in [0.29, 0.717) is 5.02 Å². The van der Waals surface area contributed by atoms with Crippen LogP contribution in [0.15, 0.2) is 29.0 Å². The summed E-state index contributed by atoms with van der Waals surface area (Å²) in [7, 11) is 0. The number of benzene rings is 1. The van der Waals surface area contributed by atoms with Crippen LogP contribution in [0, 0.1) is 0 Å². The first-order valence-electron chi connectivity index (χ1n) is 4.55. The molecular formula is C10H9BrClN3. The van der Waals surface area contributed by atoms with Gasteiger partial charge < -0.3 is 4.57 Å². The van der Waals surface area contributed by atoms with E-state index in [9.17, 15) is 0 Å². The second-order valence-corrected chi connectivity index (χ2v) is 4.33. The molecule has 1 aromatic heterocycles. The molecule has 78 valence electrons. The Kier molecular flexibility index (Phi) is 3.07. The van der Waals surface area contributed by atoms with Gasteiger partial charge in [-0.3, -0.25) is 0 Å². The quantitative estimate of drug-likeness (QED) is 0.847. The van der Waals surface area contributed by atoms with Crippen LogP contribution in [0.4, 0.5) is 0 Å². The van der Waals surface area contributed by atoms with E-state index in [4.69, 9.17) is 11.6 Å². The molecule has 3 nitrogen and oxygen atoms in total. The maximum atomic E-state index is 5.93. The first-order valence-corrected chi connectivity index (χ1v) is 5.72. The molecule has 1 heterocycles. The highest BCUT2D eigenvalue weighted by atomic mass is 79.9. The zero-order valence-corrected chi connectivity index (χ0v) is 10.5. The van der Waals surface area contributed by atoms with Crippen molar-refractivity contribution >= 4 is 27.5 Å². The molecule has 2 aromatic rings. The molecule has 0 aliphatic rings. The van der Waals surface area contributed by atoms with Crippen molar-refractivity contribution in [3.05, 3.63) is 34.0 Å². The second kappa shape index (κ2) is 4.33. The van der Waals surface area contributed by atoms with E-state index >= 15 is 0 Å². The maximum absolute atomic E-state index is 5.93. The van der Waals surface area contributed by atoms with Gasteiger partial charge >= 0.3 is 0 Å². The Bertz CT molecular complexity index is 481. The van der Waals surface area contributed by atoms with Crippen LogP contribution in [0.25, 0.3) is 11.4 Å². The molecule has 0 saturated heterocycles. The van der Waals surface area contributed by atoms with Crippen molar-refractivity contribution < 1.29 is 0 Å². The molecule has 0 radical (unpaired) electrons. The van der Waals surface area contributed by atoms with Gasteiger partial charge in [0.2, 0.25) is 0 Å². The minimum atomic E-state index is 0.696. The fourth-order valence-electron chi connectivity index (χ4n) is 1.35. The van der Waals surface area contributed by atoms with E-state index in [2.05, 4.69) is 33.1 Å². The molecule has 0 amide bonds. The number of rotatable bonds is 2. The van der Waals surface area contributed by atoms with E-state index in [1.165, 1.54) is 0 Å². The topological polar surface area (TPSA) is 30.7 Å². The Morgan fingerprint density at radius 1 is 1.47 bits per heavy atom. The van der Waals surface area contributed by atoms with Crippen LogP contribution in [-0.2, 0) is 6.54 Å². The van der Waals surface area contributed by atoms with Crippen LogP contribution in [0.2, 0.25) is 5.02 Å². The Balaban J connectivity index is 2.50. The number of halogens is 2. The summed E-state index contributed by atoms with van der Waals surface area (Å²) in [5.74, 6) is 0.856. The standard InChI is InChI=1S/C10H9BrClN3/c1-2-15-6-13-14-10(15)7-3-4-9(12)8(11)5-7/h3-6H,2H2,1H3. The number of aryl methyl sites for hydroxylation is 1. The predicted octanol–water partition coefficient (Wildman–Crippen LogP) is 3.38. The third kappa shape index (κ3) is 2.06. The molecule has 0 N–H and O–H groups in total. The summed E-state index contributed by atoms with van der Waals surface area (Å²) in [6, 6.07) is 5.72. The van der Waals surface area contributed by atoms with E-state index in [1.807, 2.05) is 22.8 Å². The summed E-state index contributed by atoms with van der Waals surface area (Å²) in [6.07, 6.45) is 1.72.